The molecule has 0 radical (unpaired) electrons. The Morgan fingerprint density at radius 2 is 1.85 bits per heavy atom. The average Bonchev–Trinajstić information content (AvgIpc) is 4.01. The molecular formula is C42H56Cl2N8O7S. The molecule has 0 unspecified atom stereocenters. The van der Waals surface area contributed by atoms with Gasteiger partial charge in [-0.1, -0.05) is 29.3 Å². The number of likely N-dealkylation sites (N-methyl/N-ethyl adjacent to an activating group) is 2. The second-order valence-electron chi connectivity index (χ2n) is 14.8. The number of aromatic amines is 1. The molecule has 0 spiro atoms. The van der Waals surface area contributed by atoms with Crippen LogP contribution >= 0.6 is 34.5 Å². The molecule has 18 heteroatoms. The summed E-state index contributed by atoms with van der Waals surface area (Å²) in [5.74, 6) is -0.531. The number of aromatic nitrogens is 3. The van der Waals surface area contributed by atoms with Gasteiger partial charge in [-0.25, -0.2) is 0 Å². The standard InChI is InChI=1S/C42H56Cl2N8O7S/c1-48(2)15-6-7-37(56)50(21-22-53)20-19-49(3)39-11-9-30(60-39)8-10-36(55)45-14-24-59-26-25-58-23-5-4-16-52-18-13-35(47-52)31-27-33(43)41(44)42-40(31)32-28-51(38(57)29-54)17-12-34(32)46-42/h6-7,9,11,13,18,22,27,46,54H,4-5,8,10,12,14-17,19-21,23-26,28-29H2,1-3H3,(H,45,55)/b7-6+. The van der Waals surface area contributed by atoms with Crippen LogP contribution in [0.5, 0.6) is 0 Å². The Bertz CT molecular complexity index is 2080. The quantitative estimate of drug-likeness (QED) is 0.0493. The van der Waals surface area contributed by atoms with Crippen molar-refractivity contribution < 1.29 is 33.8 Å². The number of thiophene rings is 1. The molecule has 1 aromatic carbocycles. The van der Waals surface area contributed by atoms with Crippen LogP contribution in [0, 0.1) is 0 Å². The number of benzene rings is 1. The predicted octanol–water partition coefficient (Wildman–Crippen LogP) is 4.42. The van der Waals surface area contributed by atoms with Crippen LogP contribution in [-0.4, -0.2) is 152 Å². The Balaban J connectivity index is 0.924. The van der Waals surface area contributed by atoms with Gasteiger partial charge in [0, 0.05) is 112 Å². The first kappa shape index (κ1) is 46.8. The lowest BCUT2D eigenvalue weighted by Crippen LogP contribution is -2.37. The van der Waals surface area contributed by atoms with E-state index in [0.29, 0.717) is 102 Å². The lowest BCUT2D eigenvalue weighted by molar-refractivity contribution is -0.135. The highest BCUT2D eigenvalue weighted by Gasteiger charge is 2.27. The minimum absolute atomic E-state index is 0.0373. The molecule has 0 atom stereocenters. The normalized spacial score (nSPS) is 12.8. The van der Waals surface area contributed by atoms with Crippen molar-refractivity contribution in [1.29, 1.82) is 0 Å². The molecule has 1 aliphatic rings. The van der Waals surface area contributed by atoms with Crippen molar-refractivity contribution in [1.82, 2.24) is 34.8 Å². The predicted molar refractivity (Wildman–Crippen MR) is 236 cm³/mol. The van der Waals surface area contributed by atoms with Crippen LogP contribution in [0.15, 0.2) is 42.6 Å². The van der Waals surface area contributed by atoms with Gasteiger partial charge in [-0.2, -0.15) is 5.10 Å². The monoisotopic (exact) mass is 886 g/mol. The lowest BCUT2D eigenvalue weighted by atomic mass is 9.99. The van der Waals surface area contributed by atoms with E-state index in [1.165, 1.54) is 11.0 Å². The summed E-state index contributed by atoms with van der Waals surface area (Å²) in [5.41, 5.74) is 4.28. The topological polar surface area (TPSA) is 166 Å². The van der Waals surface area contributed by atoms with Crippen LogP contribution in [0.1, 0.15) is 35.4 Å². The van der Waals surface area contributed by atoms with E-state index in [9.17, 15) is 24.3 Å². The number of carbonyl (C=O) groups is 4. The van der Waals surface area contributed by atoms with Crippen molar-refractivity contribution in [3.63, 3.8) is 0 Å². The second kappa shape index (κ2) is 23.6. The summed E-state index contributed by atoms with van der Waals surface area (Å²) in [6.45, 7) is 5.06. The molecule has 3 amide bonds. The van der Waals surface area contributed by atoms with Gasteiger partial charge in [0.2, 0.25) is 17.7 Å². The van der Waals surface area contributed by atoms with Gasteiger partial charge < -0.3 is 49.3 Å². The molecule has 15 nitrogen and oxygen atoms in total. The molecule has 3 aromatic heterocycles. The molecule has 0 bridgehead atoms. The highest BCUT2D eigenvalue weighted by atomic mass is 35.5. The number of aryl methyl sites for hydroxylation is 2. The smallest absolute Gasteiger partial charge is 0.248 e. The number of anilines is 1. The maximum atomic E-state index is 12.5. The van der Waals surface area contributed by atoms with Crippen LogP contribution in [0.4, 0.5) is 5.00 Å². The molecular weight excluding hydrogens is 831 g/mol. The number of rotatable bonds is 25. The fourth-order valence-corrected chi connectivity index (χ4v) is 8.20. The van der Waals surface area contributed by atoms with E-state index in [2.05, 4.69) is 15.2 Å². The highest BCUT2D eigenvalue weighted by molar-refractivity contribution is 7.16. The number of carbonyl (C=O) groups excluding carboxylic acids is 4. The van der Waals surface area contributed by atoms with Gasteiger partial charge >= 0.3 is 0 Å². The number of nitrogens with one attached hydrogen (secondary N) is 2. The Kier molecular flexibility index (Phi) is 18.4. The zero-order chi connectivity index (χ0) is 43.0. The van der Waals surface area contributed by atoms with E-state index in [4.69, 9.17) is 37.8 Å². The van der Waals surface area contributed by atoms with Crippen LogP contribution < -0.4 is 10.2 Å². The molecule has 0 aliphatic carbocycles. The Morgan fingerprint density at radius 3 is 2.62 bits per heavy atom. The fraction of sp³-hybridized carbons (Fsp3) is 0.500. The minimum atomic E-state index is -0.529. The molecule has 3 N–H and O–H groups in total. The number of hydrogen-bond acceptors (Lipinski definition) is 11. The molecule has 60 heavy (non-hydrogen) atoms. The summed E-state index contributed by atoms with van der Waals surface area (Å²) >= 11 is 14.8. The van der Waals surface area contributed by atoms with E-state index in [-0.39, 0.29) is 24.3 Å². The number of H-pyrrole nitrogens is 1. The third-order valence-electron chi connectivity index (χ3n) is 10.1. The van der Waals surface area contributed by atoms with E-state index >= 15 is 0 Å². The zero-order valence-corrected chi connectivity index (χ0v) is 36.9. The third-order valence-corrected chi connectivity index (χ3v) is 12.1. The van der Waals surface area contributed by atoms with Crippen molar-refractivity contribution in [2.24, 2.45) is 0 Å². The Morgan fingerprint density at radius 1 is 1.05 bits per heavy atom. The van der Waals surface area contributed by atoms with Gasteiger partial charge in [-0.15, -0.1) is 11.3 Å². The number of nitrogens with zero attached hydrogens (tertiary/aromatic N) is 6. The number of hydrogen-bond donors (Lipinski definition) is 3. The van der Waals surface area contributed by atoms with Crippen molar-refractivity contribution in [3.05, 3.63) is 68.8 Å². The average molecular weight is 888 g/mol. The number of amides is 3. The van der Waals surface area contributed by atoms with Gasteiger partial charge in [0.05, 0.1) is 52.6 Å². The maximum absolute atomic E-state index is 12.5. The molecule has 4 heterocycles. The first-order valence-electron chi connectivity index (χ1n) is 20.2. The Labute approximate surface area is 365 Å². The molecule has 326 valence electrons. The number of ether oxygens (including phenoxy) is 2. The molecule has 5 rings (SSSR count). The van der Waals surface area contributed by atoms with Crippen molar-refractivity contribution in [2.75, 3.05) is 98.3 Å². The molecule has 4 aromatic rings. The van der Waals surface area contributed by atoms with Crippen molar-refractivity contribution in [3.8, 4) is 11.3 Å². The van der Waals surface area contributed by atoms with Crippen LogP contribution in [0.25, 0.3) is 22.2 Å². The van der Waals surface area contributed by atoms with Gasteiger partial charge in [-0.05, 0) is 57.6 Å². The largest absolute Gasteiger partial charge is 0.387 e. The minimum Gasteiger partial charge on any atom is -0.387 e. The summed E-state index contributed by atoms with van der Waals surface area (Å²) in [5, 5.41) is 19.9. The molecule has 0 saturated heterocycles. The van der Waals surface area contributed by atoms with Crippen molar-refractivity contribution in [2.45, 2.75) is 45.2 Å². The van der Waals surface area contributed by atoms with E-state index in [0.717, 1.165) is 62.4 Å². The van der Waals surface area contributed by atoms with Gasteiger partial charge in [0.25, 0.3) is 0 Å². The number of aliphatic hydroxyl groups is 1. The van der Waals surface area contributed by atoms with Gasteiger partial charge in [0.1, 0.15) is 12.9 Å². The molecule has 0 fully saturated rings. The third kappa shape index (κ3) is 13.4. The fourth-order valence-electron chi connectivity index (χ4n) is 6.81. The lowest BCUT2D eigenvalue weighted by Gasteiger charge is -2.26. The van der Waals surface area contributed by atoms with Crippen LogP contribution in [-0.2, 0) is 54.6 Å². The SMILES string of the molecule is CN(C)C/C=C/C(=O)N(CC=O)CCN(C)c1ccc(CCC(=O)NCCOCCOCCCCn2ccc(-c3cc(Cl)c(Cl)c4[nH]c5c(c34)CN(C(=O)CO)CC5)n2)s1. The highest BCUT2D eigenvalue weighted by Crippen LogP contribution is 2.42. The molecule has 0 saturated carbocycles. The first-order valence-corrected chi connectivity index (χ1v) is 21.8. The van der Waals surface area contributed by atoms with Crippen LogP contribution in [0.3, 0.4) is 0 Å². The van der Waals surface area contributed by atoms with Crippen molar-refractivity contribution >= 4 is 74.5 Å². The summed E-state index contributed by atoms with van der Waals surface area (Å²) in [6, 6.07) is 7.80. The zero-order valence-electron chi connectivity index (χ0n) is 34.6. The van der Waals surface area contributed by atoms with E-state index < -0.39 is 6.61 Å². The Hall–Kier alpha value is -4.29. The van der Waals surface area contributed by atoms with Gasteiger partial charge in [-0.3, -0.25) is 19.1 Å². The molecule has 1 aliphatic heterocycles. The summed E-state index contributed by atoms with van der Waals surface area (Å²) < 4.78 is 13.3. The number of aliphatic hydroxyl groups excluding tert-OH is 1. The summed E-state index contributed by atoms with van der Waals surface area (Å²) in [7, 11) is 5.79. The number of unbranched alkanes of at least 4 members (excludes halogenated alkanes) is 1. The number of fused-ring (bicyclic) bond motifs is 3. The first-order chi connectivity index (χ1) is 29.0. The summed E-state index contributed by atoms with van der Waals surface area (Å²) in [6.07, 6.45) is 9.31. The second-order valence-corrected chi connectivity index (χ2v) is 16.7. The number of halogens is 2. The maximum Gasteiger partial charge on any atom is 0.248 e. The van der Waals surface area contributed by atoms with Gasteiger partial charge in [0.15, 0.2) is 0 Å². The van der Waals surface area contributed by atoms with E-state index in [1.54, 1.807) is 22.3 Å². The summed E-state index contributed by atoms with van der Waals surface area (Å²) in [4.78, 5) is 60.1. The van der Waals surface area contributed by atoms with E-state index in [1.807, 2.05) is 61.2 Å². The van der Waals surface area contributed by atoms with Crippen LogP contribution in [0.2, 0.25) is 10.0 Å². The number of aldehydes is 1.